The van der Waals surface area contributed by atoms with E-state index in [0.29, 0.717) is 23.8 Å². The van der Waals surface area contributed by atoms with Crippen molar-refractivity contribution in [2.45, 2.75) is 33.3 Å². The fourth-order valence-electron chi connectivity index (χ4n) is 1.13. The van der Waals surface area contributed by atoms with Crippen LogP contribution in [-0.4, -0.2) is 55.2 Å². The van der Waals surface area contributed by atoms with Crippen LogP contribution < -0.4 is 0 Å². The molecule has 19 heavy (non-hydrogen) atoms. The van der Waals surface area contributed by atoms with Crippen LogP contribution in [0, 0.1) is 5.92 Å². The number of carbonyl (C=O) groups excluding carboxylic acids is 1. The molecule has 0 fully saturated rings. The average molecular weight is 312 g/mol. The van der Waals surface area contributed by atoms with Crippen molar-refractivity contribution >= 4 is 27.6 Å². The van der Waals surface area contributed by atoms with Gasteiger partial charge in [0.2, 0.25) is 0 Å². The molecule has 0 amide bonds. The lowest BCUT2D eigenvalue weighted by Crippen LogP contribution is -2.20. The van der Waals surface area contributed by atoms with Crippen LogP contribution in [-0.2, 0) is 19.4 Å². The molecule has 0 spiro atoms. The van der Waals surface area contributed by atoms with Crippen LogP contribution in [0.4, 0.5) is 0 Å². The molecule has 1 atom stereocenters. The lowest BCUT2D eigenvalue weighted by Gasteiger charge is -2.07. The maximum atomic E-state index is 11.6. The number of sulfone groups is 1. The first-order valence-electron chi connectivity index (χ1n) is 6.37. The standard InChI is InChI=1S/C12H24O5S2/c1-10(2)4-8-19(15,16)9-7-18-6-5-17-12(14)11(3)13/h10-11,13H,4-9H2,1-3H3. The minimum absolute atomic E-state index is 0.161. The number of aliphatic hydroxyl groups excluding tert-OH is 1. The first-order valence-corrected chi connectivity index (χ1v) is 9.35. The Labute approximate surface area is 120 Å². The van der Waals surface area contributed by atoms with E-state index in [1.165, 1.54) is 18.7 Å². The Morgan fingerprint density at radius 3 is 2.37 bits per heavy atom. The van der Waals surface area contributed by atoms with Gasteiger partial charge in [-0.2, -0.15) is 11.8 Å². The highest BCUT2D eigenvalue weighted by Crippen LogP contribution is 2.07. The molecule has 0 radical (unpaired) electrons. The van der Waals surface area contributed by atoms with Gasteiger partial charge in [-0.15, -0.1) is 0 Å². The summed E-state index contributed by atoms with van der Waals surface area (Å²) in [6.07, 6.45) is -0.416. The van der Waals surface area contributed by atoms with Gasteiger partial charge in [0.25, 0.3) is 0 Å². The highest BCUT2D eigenvalue weighted by atomic mass is 32.2. The third kappa shape index (κ3) is 11.3. The molecule has 0 rings (SSSR count). The van der Waals surface area contributed by atoms with E-state index >= 15 is 0 Å². The van der Waals surface area contributed by atoms with Crippen molar-refractivity contribution in [3.63, 3.8) is 0 Å². The van der Waals surface area contributed by atoms with Gasteiger partial charge in [0, 0.05) is 11.5 Å². The van der Waals surface area contributed by atoms with Crippen molar-refractivity contribution in [3.05, 3.63) is 0 Å². The van der Waals surface area contributed by atoms with Crippen LogP contribution in [0.2, 0.25) is 0 Å². The van der Waals surface area contributed by atoms with Gasteiger partial charge < -0.3 is 9.84 Å². The smallest absolute Gasteiger partial charge is 0.334 e. The zero-order valence-electron chi connectivity index (χ0n) is 11.8. The fraction of sp³-hybridized carbons (Fsp3) is 0.917. The van der Waals surface area contributed by atoms with Crippen LogP contribution in [0.3, 0.4) is 0 Å². The average Bonchev–Trinajstić information content (AvgIpc) is 2.30. The molecule has 0 aliphatic heterocycles. The molecular weight excluding hydrogens is 288 g/mol. The monoisotopic (exact) mass is 312 g/mol. The Bertz CT molecular complexity index is 349. The third-order valence-electron chi connectivity index (χ3n) is 2.36. The van der Waals surface area contributed by atoms with Crippen molar-refractivity contribution in [2.24, 2.45) is 5.92 Å². The Hall–Kier alpha value is -0.270. The fourth-order valence-corrected chi connectivity index (χ4v) is 4.05. The predicted octanol–water partition coefficient (Wildman–Crippen LogP) is 1.10. The number of aliphatic hydroxyl groups is 1. The molecule has 0 saturated heterocycles. The van der Waals surface area contributed by atoms with E-state index in [9.17, 15) is 13.2 Å². The Balaban J connectivity index is 3.61. The van der Waals surface area contributed by atoms with Crippen LogP contribution in [0.15, 0.2) is 0 Å². The van der Waals surface area contributed by atoms with E-state index < -0.39 is 21.9 Å². The molecule has 0 aromatic carbocycles. The number of ether oxygens (including phenoxy) is 1. The third-order valence-corrected chi connectivity index (χ3v) is 5.25. The molecule has 1 N–H and O–H groups in total. The predicted molar refractivity (Wildman–Crippen MR) is 78.1 cm³/mol. The molecule has 0 aromatic rings. The highest BCUT2D eigenvalue weighted by molar-refractivity contribution is 8.00. The van der Waals surface area contributed by atoms with Crippen molar-refractivity contribution in [3.8, 4) is 0 Å². The molecule has 0 aliphatic carbocycles. The topological polar surface area (TPSA) is 80.7 Å². The summed E-state index contributed by atoms with van der Waals surface area (Å²) in [6.45, 7) is 5.54. The molecule has 1 unspecified atom stereocenters. The molecule has 114 valence electrons. The number of esters is 1. The van der Waals surface area contributed by atoms with Gasteiger partial charge in [0.05, 0.1) is 11.5 Å². The lowest BCUT2D eigenvalue weighted by molar-refractivity contribution is -0.151. The summed E-state index contributed by atoms with van der Waals surface area (Å²) in [5.41, 5.74) is 0. The summed E-state index contributed by atoms with van der Waals surface area (Å²) in [7, 11) is -2.96. The Morgan fingerprint density at radius 2 is 1.84 bits per heavy atom. The zero-order chi connectivity index (χ0) is 14.9. The van der Waals surface area contributed by atoms with Gasteiger partial charge >= 0.3 is 5.97 Å². The first kappa shape index (κ1) is 18.7. The van der Waals surface area contributed by atoms with Crippen molar-refractivity contribution in [1.82, 2.24) is 0 Å². The summed E-state index contributed by atoms with van der Waals surface area (Å²) in [6, 6.07) is 0. The maximum absolute atomic E-state index is 11.6. The molecule has 0 aliphatic rings. The second-order valence-electron chi connectivity index (χ2n) is 4.79. The molecule has 5 nitrogen and oxygen atoms in total. The number of rotatable bonds is 10. The SMILES string of the molecule is CC(C)CCS(=O)(=O)CCSCCOC(=O)C(C)O. The van der Waals surface area contributed by atoms with Gasteiger partial charge in [-0.3, -0.25) is 0 Å². The Morgan fingerprint density at radius 1 is 1.21 bits per heavy atom. The van der Waals surface area contributed by atoms with Crippen LogP contribution in [0.1, 0.15) is 27.2 Å². The summed E-state index contributed by atoms with van der Waals surface area (Å²) >= 11 is 1.43. The number of hydrogen-bond donors (Lipinski definition) is 1. The van der Waals surface area contributed by atoms with Gasteiger partial charge in [0.1, 0.15) is 12.7 Å². The number of thioether (sulfide) groups is 1. The van der Waals surface area contributed by atoms with Crippen LogP contribution in [0.5, 0.6) is 0 Å². The molecule has 0 heterocycles. The largest absolute Gasteiger partial charge is 0.463 e. The molecule has 7 heteroatoms. The summed E-state index contributed by atoms with van der Waals surface area (Å²) in [4.78, 5) is 10.9. The second-order valence-corrected chi connectivity index (χ2v) is 8.32. The molecule has 0 aromatic heterocycles. The molecule has 0 bridgehead atoms. The first-order chi connectivity index (χ1) is 8.74. The summed E-state index contributed by atoms with van der Waals surface area (Å²) < 4.78 is 28.0. The van der Waals surface area contributed by atoms with E-state index in [2.05, 4.69) is 0 Å². The van der Waals surface area contributed by atoms with Crippen LogP contribution in [0.25, 0.3) is 0 Å². The maximum Gasteiger partial charge on any atom is 0.334 e. The molecular formula is C12H24O5S2. The Kier molecular flexibility index (Phi) is 9.47. The minimum atomic E-state index is -2.96. The van der Waals surface area contributed by atoms with Gasteiger partial charge in [0.15, 0.2) is 9.84 Å². The zero-order valence-corrected chi connectivity index (χ0v) is 13.4. The number of carbonyl (C=O) groups is 1. The number of hydrogen-bond acceptors (Lipinski definition) is 6. The molecule has 0 saturated carbocycles. The normalized spacial score (nSPS) is 13.5. The van der Waals surface area contributed by atoms with Crippen molar-refractivity contribution < 1.29 is 23.1 Å². The van der Waals surface area contributed by atoms with E-state index in [0.717, 1.165) is 0 Å². The van der Waals surface area contributed by atoms with Gasteiger partial charge in [-0.25, -0.2) is 13.2 Å². The van der Waals surface area contributed by atoms with E-state index in [4.69, 9.17) is 9.84 Å². The van der Waals surface area contributed by atoms with Crippen molar-refractivity contribution in [2.75, 3.05) is 29.6 Å². The van der Waals surface area contributed by atoms with Gasteiger partial charge in [-0.05, 0) is 19.3 Å². The lowest BCUT2D eigenvalue weighted by atomic mass is 10.2. The van der Waals surface area contributed by atoms with Crippen LogP contribution >= 0.6 is 11.8 Å². The summed E-state index contributed by atoms with van der Waals surface area (Å²) in [5.74, 6) is 1.19. The summed E-state index contributed by atoms with van der Waals surface area (Å²) in [5, 5.41) is 8.87. The quantitative estimate of drug-likeness (QED) is 0.481. The second kappa shape index (κ2) is 9.61. The minimum Gasteiger partial charge on any atom is -0.463 e. The van der Waals surface area contributed by atoms with Gasteiger partial charge in [-0.1, -0.05) is 13.8 Å². The van der Waals surface area contributed by atoms with E-state index in [-0.39, 0.29) is 18.1 Å². The highest BCUT2D eigenvalue weighted by Gasteiger charge is 2.12. The van der Waals surface area contributed by atoms with E-state index in [1.807, 2.05) is 13.8 Å². The van der Waals surface area contributed by atoms with Crippen molar-refractivity contribution in [1.29, 1.82) is 0 Å². The van der Waals surface area contributed by atoms with E-state index in [1.54, 1.807) is 0 Å².